The van der Waals surface area contributed by atoms with Crippen LogP contribution >= 0.6 is 11.8 Å². The first-order valence-electron chi connectivity index (χ1n) is 9.13. The standard InChI is InChI=1S/C22H24N2OS/c25-20-7-5-17(6-8-20)18-9-11-24(12-10-18)13-14-26-16-19-15-23-22-4-2-1-3-21(19)22/h1-9,15,23,25H,10-14,16H2. The van der Waals surface area contributed by atoms with Crippen LogP contribution < -0.4 is 0 Å². The Labute approximate surface area is 158 Å². The molecular formula is C22H24N2OS. The van der Waals surface area contributed by atoms with E-state index < -0.39 is 0 Å². The zero-order chi connectivity index (χ0) is 17.8. The van der Waals surface area contributed by atoms with Gasteiger partial charge >= 0.3 is 0 Å². The summed E-state index contributed by atoms with van der Waals surface area (Å²) < 4.78 is 0. The predicted octanol–water partition coefficient (Wildman–Crippen LogP) is 4.90. The monoisotopic (exact) mass is 364 g/mol. The molecule has 0 saturated carbocycles. The molecule has 0 amide bonds. The highest BCUT2D eigenvalue weighted by atomic mass is 32.2. The smallest absolute Gasteiger partial charge is 0.115 e. The fourth-order valence-corrected chi connectivity index (χ4v) is 4.47. The number of fused-ring (bicyclic) bond motifs is 1. The molecule has 0 atom stereocenters. The van der Waals surface area contributed by atoms with Gasteiger partial charge in [0.05, 0.1) is 0 Å². The molecule has 1 aromatic heterocycles. The zero-order valence-corrected chi connectivity index (χ0v) is 15.6. The number of thioether (sulfide) groups is 1. The van der Waals surface area contributed by atoms with Gasteiger partial charge in [0.1, 0.15) is 5.75 Å². The van der Waals surface area contributed by atoms with Crippen LogP contribution in [0.15, 0.2) is 60.8 Å². The highest BCUT2D eigenvalue weighted by Crippen LogP contribution is 2.25. The molecule has 0 aliphatic carbocycles. The van der Waals surface area contributed by atoms with Gasteiger partial charge in [0.2, 0.25) is 0 Å². The second-order valence-corrected chi connectivity index (χ2v) is 7.84. The van der Waals surface area contributed by atoms with Gasteiger partial charge in [-0.05, 0) is 41.3 Å². The molecule has 0 fully saturated rings. The number of para-hydroxylation sites is 1. The van der Waals surface area contributed by atoms with Crippen molar-refractivity contribution < 1.29 is 5.11 Å². The summed E-state index contributed by atoms with van der Waals surface area (Å²) in [5.41, 5.74) is 5.26. The van der Waals surface area contributed by atoms with E-state index in [1.54, 1.807) is 12.1 Å². The van der Waals surface area contributed by atoms with Crippen LogP contribution in [0.1, 0.15) is 17.5 Å². The maximum Gasteiger partial charge on any atom is 0.115 e. The van der Waals surface area contributed by atoms with Gasteiger partial charge in [-0.3, -0.25) is 4.90 Å². The SMILES string of the molecule is Oc1ccc(C2=CCN(CCSCc3c[nH]c4ccccc34)CC2)cc1. The van der Waals surface area contributed by atoms with Crippen molar-refractivity contribution in [3.8, 4) is 5.75 Å². The lowest BCUT2D eigenvalue weighted by Crippen LogP contribution is -2.30. The van der Waals surface area contributed by atoms with E-state index >= 15 is 0 Å². The average molecular weight is 365 g/mol. The molecule has 1 aliphatic heterocycles. The van der Waals surface area contributed by atoms with Gasteiger partial charge in [-0.25, -0.2) is 0 Å². The average Bonchev–Trinajstić information content (AvgIpc) is 3.10. The number of phenols is 1. The minimum absolute atomic E-state index is 0.332. The van der Waals surface area contributed by atoms with Crippen molar-refractivity contribution in [2.24, 2.45) is 0 Å². The number of aromatic hydroxyl groups is 1. The minimum atomic E-state index is 0.332. The van der Waals surface area contributed by atoms with Gasteiger partial charge in [-0.15, -0.1) is 0 Å². The molecule has 4 rings (SSSR count). The number of rotatable bonds is 6. The maximum absolute atomic E-state index is 9.41. The molecule has 4 heteroatoms. The Bertz CT molecular complexity index is 898. The first-order valence-corrected chi connectivity index (χ1v) is 10.3. The zero-order valence-electron chi connectivity index (χ0n) is 14.8. The summed E-state index contributed by atoms with van der Waals surface area (Å²) in [6.07, 6.45) is 5.56. The van der Waals surface area contributed by atoms with Gasteiger partial charge in [-0.1, -0.05) is 36.4 Å². The van der Waals surface area contributed by atoms with Crippen LogP contribution in [0.3, 0.4) is 0 Å². The second kappa shape index (κ2) is 8.02. The van der Waals surface area contributed by atoms with Crippen molar-refractivity contribution in [3.05, 3.63) is 71.9 Å². The topological polar surface area (TPSA) is 39.3 Å². The van der Waals surface area contributed by atoms with Crippen molar-refractivity contribution >= 4 is 28.2 Å². The summed E-state index contributed by atoms with van der Waals surface area (Å²) in [4.78, 5) is 5.88. The van der Waals surface area contributed by atoms with Crippen molar-refractivity contribution in [1.29, 1.82) is 0 Å². The van der Waals surface area contributed by atoms with Crippen LogP contribution in [0.2, 0.25) is 0 Å². The van der Waals surface area contributed by atoms with Crippen molar-refractivity contribution in [1.82, 2.24) is 9.88 Å². The van der Waals surface area contributed by atoms with E-state index in [9.17, 15) is 5.11 Å². The molecule has 3 nitrogen and oxygen atoms in total. The number of hydrogen-bond donors (Lipinski definition) is 2. The van der Waals surface area contributed by atoms with Crippen LogP contribution in [0.4, 0.5) is 0 Å². The summed E-state index contributed by atoms with van der Waals surface area (Å²) in [5.74, 6) is 2.55. The van der Waals surface area contributed by atoms with Gasteiger partial charge in [0.25, 0.3) is 0 Å². The molecule has 3 aromatic rings. The Hall–Kier alpha value is -2.17. The normalized spacial score (nSPS) is 15.3. The Kier molecular flexibility index (Phi) is 5.32. The van der Waals surface area contributed by atoms with Crippen molar-refractivity contribution in [2.45, 2.75) is 12.2 Å². The number of aromatic nitrogens is 1. The first-order chi connectivity index (χ1) is 12.8. The fourth-order valence-electron chi connectivity index (χ4n) is 3.48. The molecule has 134 valence electrons. The number of phenolic OH excluding ortho intramolecular Hbond substituents is 1. The number of aromatic amines is 1. The molecule has 26 heavy (non-hydrogen) atoms. The Morgan fingerprint density at radius 3 is 2.73 bits per heavy atom. The summed E-state index contributed by atoms with van der Waals surface area (Å²) in [6, 6.07) is 16.1. The first kappa shape index (κ1) is 17.3. The highest BCUT2D eigenvalue weighted by molar-refractivity contribution is 7.98. The molecule has 0 bridgehead atoms. The predicted molar refractivity (Wildman–Crippen MR) is 112 cm³/mol. The van der Waals surface area contributed by atoms with E-state index in [1.807, 2.05) is 23.9 Å². The number of nitrogens with one attached hydrogen (secondary N) is 1. The fraction of sp³-hybridized carbons (Fsp3) is 0.273. The summed E-state index contributed by atoms with van der Waals surface area (Å²) in [5, 5.41) is 10.8. The lowest BCUT2D eigenvalue weighted by molar-refractivity contribution is 0.321. The summed E-state index contributed by atoms with van der Waals surface area (Å²) in [6.45, 7) is 3.26. The van der Waals surface area contributed by atoms with Gasteiger partial charge in [0.15, 0.2) is 0 Å². The third-order valence-electron chi connectivity index (χ3n) is 5.02. The molecule has 0 spiro atoms. The summed E-state index contributed by atoms with van der Waals surface area (Å²) >= 11 is 2.01. The van der Waals surface area contributed by atoms with Crippen LogP contribution in [0.5, 0.6) is 5.75 Å². The molecule has 1 aliphatic rings. The second-order valence-electron chi connectivity index (χ2n) is 6.74. The van der Waals surface area contributed by atoms with E-state index in [0.717, 1.165) is 37.6 Å². The molecule has 2 N–H and O–H groups in total. The number of nitrogens with zero attached hydrogens (tertiary/aromatic N) is 1. The Morgan fingerprint density at radius 2 is 1.92 bits per heavy atom. The maximum atomic E-state index is 9.41. The Balaban J connectivity index is 1.24. The molecule has 2 aromatic carbocycles. The quantitative estimate of drug-likeness (QED) is 0.611. The van der Waals surface area contributed by atoms with Gasteiger partial charge in [0, 0.05) is 48.2 Å². The van der Waals surface area contributed by atoms with Gasteiger partial charge in [-0.2, -0.15) is 11.8 Å². The molecule has 0 saturated heterocycles. The summed E-state index contributed by atoms with van der Waals surface area (Å²) in [7, 11) is 0. The number of hydrogen-bond acceptors (Lipinski definition) is 3. The van der Waals surface area contributed by atoms with Crippen molar-refractivity contribution in [3.63, 3.8) is 0 Å². The van der Waals surface area contributed by atoms with Crippen LogP contribution in [-0.4, -0.2) is 40.4 Å². The molecule has 2 heterocycles. The molecular weight excluding hydrogens is 340 g/mol. The van der Waals surface area contributed by atoms with E-state index in [2.05, 4.69) is 46.4 Å². The number of H-pyrrole nitrogens is 1. The lowest BCUT2D eigenvalue weighted by atomic mass is 9.99. The van der Waals surface area contributed by atoms with E-state index in [-0.39, 0.29) is 0 Å². The third-order valence-corrected chi connectivity index (χ3v) is 6.00. The van der Waals surface area contributed by atoms with E-state index in [4.69, 9.17) is 0 Å². The minimum Gasteiger partial charge on any atom is -0.508 e. The molecule has 0 unspecified atom stereocenters. The van der Waals surface area contributed by atoms with Crippen molar-refractivity contribution in [2.75, 3.05) is 25.4 Å². The highest BCUT2D eigenvalue weighted by Gasteiger charge is 2.13. The van der Waals surface area contributed by atoms with Crippen LogP contribution in [0.25, 0.3) is 16.5 Å². The third kappa shape index (κ3) is 3.97. The van der Waals surface area contributed by atoms with Crippen LogP contribution in [0, 0.1) is 0 Å². The van der Waals surface area contributed by atoms with E-state index in [0.29, 0.717) is 5.75 Å². The van der Waals surface area contributed by atoms with Gasteiger partial charge < -0.3 is 10.1 Å². The van der Waals surface area contributed by atoms with E-state index in [1.165, 1.54) is 27.6 Å². The number of benzene rings is 2. The largest absolute Gasteiger partial charge is 0.508 e. The lowest BCUT2D eigenvalue weighted by Gasteiger charge is -2.26. The van der Waals surface area contributed by atoms with Crippen LogP contribution in [-0.2, 0) is 5.75 Å². The molecule has 0 radical (unpaired) electrons. The Morgan fingerprint density at radius 1 is 1.08 bits per heavy atom.